The van der Waals surface area contributed by atoms with Crippen molar-refractivity contribution in [3.63, 3.8) is 0 Å². The first-order chi connectivity index (χ1) is 8.53. The zero-order valence-electron chi connectivity index (χ0n) is 10.9. The maximum atomic E-state index is 11.4. The third kappa shape index (κ3) is 2.44. The lowest BCUT2D eigenvalue weighted by Gasteiger charge is -2.24. The highest BCUT2D eigenvalue weighted by atomic mass is 16.4. The van der Waals surface area contributed by atoms with Crippen LogP contribution in [0.1, 0.15) is 37.1 Å². The van der Waals surface area contributed by atoms with E-state index in [1.165, 1.54) is 0 Å². The number of aromatic nitrogens is 2. The van der Waals surface area contributed by atoms with Crippen LogP contribution < -0.4 is 5.32 Å². The Morgan fingerprint density at radius 3 is 2.72 bits per heavy atom. The molecule has 0 unspecified atom stereocenters. The number of nitrogens with one attached hydrogen (secondary N) is 1. The Hall–Kier alpha value is -1.65. The van der Waals surface area contributed by atoms with Crippen molar-refractivity contribution in [1.82, 2.24) is 9.97 Å². The number of carboxylic acid groups (broad SMARTS) is 1. The second-order valence-corrected chi connectivity index (χ2v) is 5.09. The smallest absolute Gasteiger partial charge is 0.311 e. The molecule has 1 saturated carbocycles. The molecule has 0 spiro atoms. The van der Waals surface area contributed by atoms with E-state index in [0.717, 1.165) is 37.1 Å². The molecule has 18 heavy (non-hydrogen) atoms. The summed E-state index contributed by atoms with van der Waals surface area (Å²) < 4.78 is 0. The molecular weight excluding hydrogens is 230 g/mol. The van der Waals surface area contributed by atoms with Crippen LogP contribution in [-0.4, -0.2) is 27.6 Å². The molecule has 0 aromatic carbocycles. The molecule has 1 heterocycles. The van der Waals surface area contributed by atoms with Crippen molar-refractivity contribution in [2.45, 2.75) is 39.5 Å². The van der Waals surface area contributed by atoms with E-state index in [1.54, 1.807) is 6.20 Å². The van der Waals surface area contributed by atoms with Crippen molar-refractivity contribution < 1.29 is 9.90 Å². The van der Waals surface area contributed by atoms with Crippen LogP contribution in [0.4, 0.5) is 5.82 Å². The van der Waals surface area contributed by atoms with E-state index in [2.05, 4.69) is 15.3 Å². The molecule has 2 rings (SSSR count). The van der Waals surface area contributed by atoms with Gasteiger partial charge >= 0.3 is 5.97 Å². The van der Waals surface area contributed by atoms with Crippen molar-refractivity contribution in [3.8, 4) is 0 Å². The van der Waals surface area contributed by atoms with Gasteiger partial charge in [0.05, 0.1) is 16.8 Å². The molecule has 1 aromatic heterocycles. The van der Waals surface area contributed by atoms with Gasteiger partial charge in [-0.3, -0.25) is 9.78 Å². The molecule has 1 aliphatic rings. The summed E-state index contributed by atoms with van der Waals surface area (Å²) in [6, 6.07) is 0. The predicted molar refractivity (Wildman–Crippen MR) is 68.5 cm³/mol. The number of aryl methyl sites for hydroxylation is 2. The Kier molecular flexibility index (Phi) is 3.50. The minimum Gasteiger partial charge on any atom is -0.481 e. The second kappa shape index (κ2) is 4.92. The predicted octanol–water partition coefficient (Wildman–Crippen LogP) is 2.15. The van der Waals surface area contributed by atoms with Crippen molar-refractivity contribution in [2.24, 2.45) is 5.41 Å². The Labute approximate surface area is 107 Å². The maximum Gasteiger partial charge on any atom is 0.311 e. The molecule has 2 N–H and O–H groups in total. The fraction of sp³-hybridized carbons (Fsp3) is 0.615. The average molecular weight is 249 g/mol. The van der Waals surface area contributed by atoms with Crippen molar-refractivity contribution in [1.29, 1.82) is 0 Å². The molecule has 1 aromatic rings. The fourth-order valence-corrected chi connectivity index (χ4v) is 2.48. The van der Waals surface area contributed by atoms with Gasteiger partial charge in [-0.25, -0.2) is 4.98 Å². The van der Waals surface area contributed by atoms with E-state index in [-0.39, 0.29) is 0 Å². The number of anilines is 1. The highest BCUT2D eigenvalue weighted by Gasteiger charge is 2.41. The quantitative estimate of drug-likeness (QED) is 0.855. The van der Waals surface area contributed by atoms with Gasteiger partial charge in [-0.2, -0.15) is 0 Å². The molecule has 1 fully saturated rings. The Morgan fingerprint density at radius 1 is 1.44 bits per heavy atom. The molecule has 5 heteroatoms. The summed E-state index contributed by atoms with van der Waals surface area (Å²) >= 11 is 0. The number of hydrogen-bond acceptors (Lipinski definition) is 4. The standard InChI is InChI=1S/C13H19N3O2/c1-9-7-14-10(2)11(16-9)15-8-13(12(17)18)5-3-4-6-13/h7H,3-6,8H2,1-2H3,(H,15,16)(H,17,18). The van der Waals surface area contributed by atoms with E-state index in [1.807, 2.05) is 13.8 Å². The minimum atomic E-state index is -0.703. The molecule has 98 valence electrons. The zero-order chi connectivity index (χ0) is 13.2. The number of carboxylic acids is 1. The summed E-state index contributed by atoms with van der Waals surface area (Å²) in [7, 11) is 0. The maximum absolute atomic E-state index is 11.4. The highest BCUT2D eigenvalue weighted by molar-refractivity contribution is 5.75. The van der Waals surface area contributed by atoms with Gasteiger partial charge in [0.15, 0.2) is 0 Å². The van der Waals surface area contributed by atoms with Gasteiger partial charge in [0.2, 0.25) is 0 Å². The lowest BCUT2D eigenvalue weighted by atomic mass is 9.86. The van der Waals surface area contributed by atoms with Crippen molar-refractivity contribution in [2.75, 3.05) is 11.9 Å². The van der Waals surface area contributed by atoms with Crippen LogP contribution in [0.3, 0.4) is 0 Å². The number of rotatable bonds is 4. The van der Waals surface area contributed by atoms with Gasteiger partial charge in [-0.1, -0.05) is 12.8 Å². The summed E-state index contributed by atoms with van der Waals surface area (Å²) in [6.07, 6.45) is 5.18. The third-order valence-electron chi connectivity index (χ3n) is 3.68. The lowest BCUT2D eigenvalue weighted by Crippen LogP contribution is -2.35. The van der Waals surface area contributed by atoms with Gasteiger partial charge in [0, 0.05) is 12.7 Å². The van der Waals surface area contributed by atoms with Crippen LogP contribution in [0.15, 0.2) is 6.20 Å². The minimum absolute atomic E-state index is 0.432. The van der Waals surface area contributed by atoms with Gasteiger partial charge in [0.1, 0.15) is 5.82 Å². The van der Waals surface area contributed by atoms with E-state index < -0.39 is 11.4 Å². The van der Waals surface area contributed by atoms with Gasteiger partial charge in [0.25, 0.3) is 0 Å². The van der Waals surface area contributed by atoms with Gasteiger partial charge < -0.3 is 10.4 Å². The number of aliphatic carboxylic acids is 1. The van der Waals surface area contributed by atoms with Crippen LogP contribution in [0, 0.1) is 19.3 Å². The van der Waals surface area contributed by atoms with Gasteiger partial charge in [-0.05, 0) is 26.7 Å². The fourth-order valence-electron chi connectivity index (χ4n) is 2.48. The topological polar surface area (TPSA) is 75.1 Å². The SMILES string of the molecule is Cc1cnc(C)c(NCC2(C(=O)O)CCCC2)n1. The summed E-state index contributed by atoms with van der Waals surface area (Å²) in [5.74, 6) is -0.00621. The van der Waals surface area contributed by atoms with Crippen LogP contribution in [-0.2, 0) is 4.79 Å². The van der Waals surface area contributed by atoms with E-state index in [0.29, 0.717) is 12.4 Å². The molecule has 5 nitrogen and oxygen atoms in total. The van der Waals surface area contributed by atoms with E-state index in [4.69, 9.17) is 0 Å². The third-order valence-corrected chi connectivity index (χ3v) is 3.68. The van der Waals surface area contributed by atoms with Crippen LogP contribution in [0.5, 0.6) is 0 Å². The summed E-state index contributed by atoms with van der Waals surface area (Å²) in [5.41, 5.74) is 1.01. The molecule has 0 amide bonds. The molecule has 1 aliphatic carbocycles. The van der Waals surface area contributed by atoms with Crippen molar-refractivity contribution >= 4 is 11.8 Å². The van der Waals surface area contributed by atoms with Crippen molar-refractivity contribution in [3.05, 3.63) is 17.6 Å². The number of hydrogen-bond donors (Lipinski definition) is 2. The first kappa shape index (κ1) is 12.8. The van der Waals surface area contributed by atoms with E-state index >= 15 is 0 Å². The first-order valence-electron chi connectivity index (χ1n) is 6.31. The highest BCUT2D eigenvalue weighted by Crippen LogP contribution is 2.38. The largest absolute Gasteiger partial charge is 0.481 e. The molecule has 0 aliphatic heterocycles. The second-order valence-electron chi connectivity index (χ2n) is 5.09. The van der Waals surface area contributed by atoms with Crippen LogP contribution >= 0.6 is 0 Å². The number of carbonyl (C=O) groups is 1. The summed E-state index contributed by atoms with van der Waals surface area (Å²) in [5, 5.41) is 12.6. The van der Waals surface area contributed by atoms with Crippen LogP contribution in [0.2, 0.25) is 0 Å². The monoisotopic (exact) mass is 249 g/mol. The average Bonchev–Trinajstić information content (AvgIpc) is 2.80. The van der Waals surface area contributed by atoms with Crippen LogP contribution in [0.25, 0.3) is 0 Å². The molecule has 0 radical (unpaired) electrons. The Bertz CT molecular complexity index is 454. The molecule has 0 bridgehead atoms. The normalized spacial score (nSPS) is 17.7. The molecular formula is C13H19N3O2. The Morgan fingerprint density at radius 2 is 2.11 bits per heavy atom. The van der Waals surface area contributed by atoms with E-state index in [9.17, 15) is 9.90 Å². The number of nitrogens with zero attached hydrogens (tertiary/aromatic N) is 2. The summed E-state index contributed by atoms with van der Waals surface area (Å²) in [6.45, 7) is 4.18. The first-order valence-corrected chi connectivity index (χ1v) is 6.31. The molecule has 0 atom stereocenters. The molecule has 0 saturated heterocycles. The summed E-state index contributed by atoms with van der Waals surface area (Å²) in [4.78, 5) is 20.0. The Balaban J connectivity index is 2.10. The lowest BCUT2D eigenvalue weighted by molar-refractivity contribution is -0.147. The van der Waals surface area contributed by atoms with Gasteiger partial charge in [-0.15, -0.1) is 0 Å². The zero-order valence-corrected chi connectivity index (χ0v) is 10.9.